The Bertz CT molecular complexity index is 1080. The Morgan fingerprint density at radius 3 is 2.71 bits per heavy atom. The number of amides is 1. The number of halogens is 1. The number of carbonyl (C=O) groups excluding carboxylic acids is 1. The second-order valence-electron chi connectivity index (χ2n) is 5.24. The number of aromatic nitrogens is 3. The second-order valence-corrected chi connectivity index (χ2v) is 5.65. The molecule has 3 aromatic rings. The quantitative estimate of drug-likeness (QED) is 0.741. The molecule has 0 saturated carbocycles. The van der Waals surface area contributed by atoms with Crippen LogP contribution in [0.25, 0.3) is 11.0 Å². The normalized spacial score (nSPS) is 10.8. The molecule has 3 rings (SSSR count). The molecule has 0 bridgehead atoms. The van der Waals surface area contributed by atoms with Gasteiger partial charge < -0.3 is 5.32 Å². The summed E-state index contributed by atoms with van der Waals surface area (Å²) in [5, 5.41) is 3.25. The number of nitrogens with zero attached hydrogens (tertiary/aromatic N) is 2. The van der Waals surface area contributed by atoms with E-state index in [1.807, 2.05) is 0 Å². The van der Waals surface area contributed by atoms with Crippen LogP contribution in [0.15, 0.2) is 39.9 Å². The maximum atomic E-state index is 12.5. The minimum absolute atomic E-state index is 0.159. The van der Waals surface area contributed by atoms with E-state index in [1.165, 1.54) is 17.7 Å². The van der Waals surface area contributed by atoms with Crippen molar-refractivity contribution in [2.24, 2.45) is 7.05 Å². The van der Waals surface area contributed by atoms with Crippen molar-refractivity contribution in [2.75, 3.05) is 5.32 Å². The topological polar surface area (TPSA) is 96.8 Å². The maximum absolute atomic E-state index is 12.5. The Morgan fingerprint density at radius 1 is 1.29 bits per heavy atom. The smallest absolute Gasteiger partial charge is 0.321 e. The lowest BCUT2D eigenvalue weighted by Crippen LogP contribution is -2.29. The highest BCUT2D eigenvalue weighted by molar-refractivity contribution is 6.33. The maximum Gasteiger partial charge on any atom is 0.329 e. The van der Waals surface area contributed by atoms with Crippen LogP contribution in [0.3, 0.4) is 0 Å². The van der Waals surface area contributed by atoms with Gasteiger partial charge in [-0.3, -0.25) is 19.1 Å². The molecule has 1 aromatic carbocycles. The first-order valence-corrected chi connectivity index (χ1v) is 7.43. The van der Waals surface area contributed by atoms with Crippen molar-refractivity contribution >= 4 is 34.2 Å². The fourth-order valence-corrected chi connectivity index (χ4v) is 2.52. The third-order valence-electron chi connectivity index (χ3n) is 3.65. The van der Waals surface area contributed by atoms with Gasteiger partial charge >= 0.3 is 5.69 Å². The number of para-hydroxylation sites is 1. The zero-order valence-corrected chi connectivity index (χ0v) is 13.6. The Kier molecular flexibility index (Phi) is 3.94. The van der Waals surface area contributed by atoms with Crippen LogP contribution in [0.5, 0.6) is 0 Å². The molecule has 0 aliphatic heterocycles. The lowest BCUT2D eigenvalue weighted by molar-refractivity contribution is 0.102. The number of H-pyrrole nitrogens is 1. The molecule has 122 valence electrons. The van der Waals surface area contributed by atoms with Crippen LogP contribution in [-0.4, -0.2) is 20.4 Å². The summed E-state index contributed by atoms with van der Waals surface area (Å²) < 4.78 is 1.22. The number of nitrogens with one attached hydrogen (secondary N) is 2. The Morgan fingerprint density at radius 2 is 2.00 bits per heavy atom. The van der Waals surface area contributed by atoms with E-state index >= 15 is 0 Å². The zero-order valence-electron chi connectivity index (χ0n) is 12.9. The van der Waals surface area contributed by atoms with E-state index in [4.69, 9.17) is 11.6 Å². The number of anilines is 1. The van der Waals surface area contributed by atoms with E-state index in [1.54, 1.807) is 31.2 Å². The highest BCUT2D eigenvalue weighted by atomic mass is 35.5. The van der Waals surface area contributed by atoms with Crippen molar-refractivity contribution in [3.05, 3.63) is 67.4 Å². The van der Waals surface area contributed by atoms with Gasteiger partial charge in [0.2, 0.25) is 0 Å². The number of pyridine rings is 1. The van der Waals surface area contributed by atoms with E-state index in [0.717, 1.165) is 0 Å². The van der Waals surface area contributed by atoms with Crippen LogP contribution in [0.2, 0.25) is 5.02 Å². The standard InChI is InChI=1S/C16H13ClN4O3/c1-8-9(14(22)19-12-6-4-3-5-11(12)17)7-10-13(18-8)21(2)16(24)20-15(10)23/h3-7H,1-2H3,(H,19,22)(H,20,23,24). The van der Waals surface area contributed by atoms with Gasteiger partial charge in [-0.15, -0.1) is 0 Å². The first-order valence-electron chi connectivity index (χ1n) is 7.05. The molecule has 24 heavy (non-hydrogen) atoms. The first kappa shape index (κ1) is 15.9. The minimum atomic E-state index is -0.590. The summed E-state index contributed by atoms with van der Waals surface area (Å²) in [6.07, 6.45) is 0. The molecule has 0 aliphatic carbocycles. The molecule has 0 unspecified atom stereocenters. The van der Waals surface area contributed by atoms with Crippen LogP contribution in [0.4, 0.5) is 5.69 Å². The van der Waals surface area contributed by atoms with Crippen molar-refractivity contribution in [3.8, 4) is 0 Å². The Balaban J connectivity index is 2.12. The largest absolute Gasteiger partial charge is 0.329 e. The van der Waals surface area contributed by atoms with Crippen LogP contribution in [0, 0.1) is 6.92 Å². The van der Waals surface area contributed by atoms with Gasteiger partial charge in [0, 0.05) is 7.05 Å². The summed E-state index contributed by atoms with van der Waals surface area (Å²) in [7, 11) is 1.50. The third-order valence-corrected chi connectivity index (χ3v) is 3.98. The molecule has 8 heteroatoms. The van der Waals surface area contributed by atoms with Gasteiger partial charge in [0.05, 0.1) is 27.4 Å². The third kappa shape index (κ3) is 2.69. The SMILES string of the molecule is Cc1nc2c(cc1C(=O)Nc1ccccc1Cl)c(=O)[nH]c(=O)n2C. The van der Waals surface area contributed by atoms with Crippen molar-refractivity contribution in [2.45, 2.75) is 6.92 Å². The van der Waals surface area contributed by atoms with Crippen LogP contribution in [0.1, 0.15) is 16.1 Å². The highest BCUT2D eigenvalue weighted by Gasteiger charge is 2.16. The van der Waals surface area contributed by atoms with Gasteiger partial charge in [0.25, 0.3) is 11.5 Å². The summed E-state index contributed by atoms with van der Waals surface area (Å²) in [4.78, 5) is 42.5. The fourth-order valence-electron chi connectivity index (χ4n) is 2.34. The van der Waals surface area contributed by atoms with E-state index in [2.05, 4.69) is 15.3 Å². The monoisotopic (exact) mass is 344 g/mol. The number of aryl methyl sites for hydroxylation is 2. The van der Waals surface area contributed by atoms with Gasteiger partial charge in [-0.25, -0.2) is 9.78 Å². The molecule has 2 heterocycles. The number of hydrogen-bond acceptors (Lipinski definition) is 4. The average Bonchev–Trinajstić information content (AvgIpc) is 2.54. The molecule has 0 radical (unpaired) electrons. The summed E-state index contributed by atoms with van der Waals surface area (Å²) >= 11 is 6.03. The molecule has 0 fully saturated rings. The van der Waals surface area contributed by atoms with E-state index < -0.39 is 17.2 Å². The van der Waals surface area contributed by atoms with Gasteiger partial charge in [-0.2, -0.15) is 0 Å². The van der Waals surface area contributed by atoms with Gasteiger partial charge in [-0.1, -0.05) is 23.7 Å². The summed E-state index contributed by atoms with van der Waals surface area (Å²) in [5.41, 5.74) is 0.146. The molecule has 2 N–H and O–H groups in total. The fraction of sp³-hybridized carbons (Fsp3) is 0.125. The molecule has 1 amide bonds. The van der Waals surface area contributed by atoms with Gasteiger partial charge in [0.1, 0.15) is 5.65 Å². The number of rotatable bonds is 2. The highest BCUT2D eigenvalue weighted by Crippen LogP contribution is 2.22. The summed E-state index contributed by atoms with van der Waals surface area (Å²) in [6.45, 7) is 1.63. The summed E-state index contributed by atoms with van der Waals surface area (Å²) in [6, 6.07) is 8.24. The van der Waals surface area contributed by atoms with Crippen LogP contribution >= 0.6 is 11.6 Å². The van der Waals surface area contributed by atoms with Gasteiger partial charge in [0.15, 0.2) is 0 Å². The molecular formula is C16H13ClN4O3. The van der Waals surface area contributed by atoms with Gasteiger partial charge in [-0.05, 0) is 25.1 Å². The van der Waals surface area contributed by atoms with Crippen LogP contribution in [-0.2, 0) is 7.05 Å². The zero-order chi connectivity index (χ0) is 17.4. The Hall–Kier alpha value is -2.93. The second kappa shape index (κ2) is 5.93. The predicted octanol–water partition coefficient (Wildman–Crippen LogP) is 1.84. The number of aromatic amines is 1. The molecular weight excluding hydrogens is 332 g/mol. The minimum Gasteiger partial charge on any atom is -0.321 e. The molecule has 0 aliphatic rings. The van der Waals surface area contributed by atoms with Crippen molar-refractivity contribution in [3.63, 3.8) is 0 Å². The van der Waals surface area contributed by atoms with Crippen molar-refractivity contribution < 1.29 is 4.79 Å². The number of benzene rings is 1. The summed E-state index contributed by atoms with van der Waals surface area (Å²) in [5.74, 6) is -0.441. The van der Waals surface area contributed by atoms with E-state index in [9.17, 15) is 14.4 Å². The molecule has 0 spiro atoms. The predicted molar refractivity (Wildman–Crippen MR) is 91.7 cm³/mol. The molecule has 0 saturated heterocycles. The van der Waals surface area contributed by atoms with Crippen molar-refractivity contribution in [1.82, 2.24) is 14.5 Å². The van der Waals surface area contributed by atoms with Crippen LogP contribution < -0.4 is 16.6 Å². The lowest BCUT2D eigenvalue weighted by atomic mass is 10.1. The molecule has 2 aromatic heterocycles. The molecule has 7 nitrogen and oxygen atoms in total. The number of carbonyl (C=O) groups is 1. The first-order chi connectivity index (χ1) is 11.4. The van der Waals surface area contributed by atoms with E-state index in [0.29, 0.717) is 16.4 Å². The lowest BCUT2D eigenvalue weighted by Gasteiger charge is -2.10. The Labute approximate surface area is 140 Å². The molecule has 0 atom stereocenters. The number of fused-ring (bicyclic) bond motifs is 1. The van der Waals surface area contributed by atoms with Crippen molar-refractivity contribution in [1.29, 1.82) is 0 Å². The number of hydrogen-bond donors (Lipinski definition) is 2. The van der Waals surface area contributed by atoms with E-state index in [-0.39, 0.29) is 16.6 Å². The average molecular weight is 345 g/mol.